The van der Waals surface area contributed by atoms with Crippen LogP contribution in [0.1, 0.15) is 65.5 Å². The van der Waals surface area contributed by atoms with Gasteiger partial charge < -0.3 is 15.2 Å². The first-order valence-electron chi connectivity index (χ1n) is 12.0. The monoisotopic (exact) mass is 586 g/mol. The van der Waals surface area contributed by atoms with Gasteiger partial charge in [0, 0.05) is 31.6 Å². The number of carbonyl (C=O) groups excluding carboxylic acids is 1. The number of sulfonamides is 1. The Kier molecular flexibility index (Phi) is 9.91. The molecule has 1 atom stereocenters. The van der Waals surface area contributed by atoms with Gasteiger partial charge in [-0.15, -0.1) is 10.2 Å². The van der Waals surface area contributed by atoms with Crippen LogP contribution in [0.25, 0.3) is 0 Å². The Morgan fingerprint density at radius 1 is 1.13 bits per heavy atom. The summed E-state index contributed by atoms with van der Waals surface area (Å²) in [6.07, 6.45) is -4.18. The summed E-state index contributed by atoms with van der Waals surface area (Å²) in [7, 11) is -3.91. The van der Waals surface area contributed by atoms with Crippen molar-refractivity contribution in [3.63, 3.8) is 0 Å². The van der Waals surface area contributed by atoms with E-state index in [1.807, 2.05) is 20.8 Å². The maximum absolute atomic E-state index is 12.9. The van der Waals surface area contributed by atoms with E-state index in [0.29, 0.717) is 36.3 Å². The molecule has 2 aromatic carbocycles. The van der Waals surface area contributed by atoms with Crippen LogP contribution in [0.3, 0.4) is 0 Å². The van der Waals surface area contributed by atoms with E-state index in [1.165, 1.54) is 12.1 Å². The van der Waals surface area contributed by atoms with Gasteiger partial charge in [0.05, 0.1) is 16.0 Å². The fraction of sp³-hybridized carbons (Fsp3) is 0.400. The Morgan fingerprint density at radius 2 is 1.82 bits per heavy atom. The van der Waals surface area contributed by atoms with Gasteiger partial charge in [0.1, 0.15) is 10.8 Å². The highest BCUT2D eigenvalue weighted by Crippen LogP contribution is 2.33. The van der Waals surface area contributed by atoms with Crippen molar-refractivity contribution in [2.75, 3.05) is 24.5 Å². The lowest BCUT2D eigenvalue weighted by Gasteiger charge is -2.19. The maximum atomic E-state index is 12.9. The highest BCUT2D eigenvalue weighted by molar-refractivity contribution is 7.93. The van der Waals surface area contributed by atoms with Gasteiger partial charge in [-0.05, 0) is 49.2 Å². The SMILES string of the molecule is CCOCCC(CNC(=O)c1ccc(C(F)(F)F)cc1O)c1ccc(S(=O)(=O)Nc2nnc(C(C)C)s2)cc1. The molecule has 0 saturated heterocycles. The van der Waals surface area contributed by atoms with Crippen LogP contribution in [-0.4, -0.2) is 49.4 Å². The minimum absolute atomic E-state index is 0.00909. The van der Waals surface area contributed by atoms with Crippen molar-refractivity contribution in [2.24, 2.45) is 0 Å². The summed E-state index contributed by atoms with van der Waals surface area (Å²) in [4.78, 5) is 12.6. The Balaban J connectivity index is 1.73. The molecule has 3 N–H and O–H groups in total. The van der Waals surface area contributed by atoms with Crippen LogP contribution in [0.4, 0.5) is 18.3 Å². The summed E-state index contributed by atoms with van der Waals surface area (Å²) in [5.41, 5.74) is -0.651. The van der Waals surface area contributed by atoms with E-state index < -0.39 is 33.4 Å². The first-order chi connectivity index (χ1) is 18.3. The van der Waals surface area contributed by atoms with Crippen LogP contribution in [-0.2, 0) is 20.9 Å². The summed E-state index contributed by atoms with van der Waals surface area (Å²) in [6, 6.07) is 8.23. The van der Waals surface area contributed by atoms with E-state index in [2.05, 4.69) is 20.2 Å². The molecule has 0 radical (unpaired) electrons. The average molecular weight is 587 g/mol. The third-order valence-corrected chi connectivity index (χ3v) is 8.33. The average Bonchev–Trinajstić information content (AvgIpc) is 3.33. The number of aromatic hydroxyl groups is 1. The van der Waals surface area contributed by atoms with Gasteiger partial charge in [0.2, 0.25) is 5.13 Å². The second-order valence-corrected chi connectivity index (χ2v) is 11.6. The number of alkyl halides is 3. The molecule has 9 nitrogen and oxygen atoms in total. The standard InChI is InChI=1S/C25H29F3N4O5S2/c1-4-37-12-11-17(14-29-22(34)20-10-7-18(13-21(20)33)25(26,27)28)16-5-8-19(9-6-16)39(35,36)32-24-31-30-23(38-24)15(2)3/h5-10,13,15,17,33H,4,11-12,14H2,1-3H3,(H,29,34)(H,31,32). The summed E-state index contributed by atoms with van der Waals surface area (Å²) < 4.78 is 72.1. The van der Waals surface area contributed by atoms with Gasteiger partial charge in [-0.2, -0.15) is 13.2 Å². The van der Waals surface area contributed by atoms with Crippen LogP contribution in [0.15, 0.2) is 47.4 Å². The summed E-state index contributed by atoms with van der Waals surface area (Å²) in [6.45, 7) is 6.59. The van der Waals surface area contributed by atoms with Crippen molar-refractivity contribution in [1.82, 2.24) is 15.5 Å². The Morgan fingerprint density at radius 3 is 2.38 bits per heavy atom. The van der Waals surface area contributed by atoms with Crippen LogP contribution >= 0.6 is 11.3 Å². The molecule has 0 aliphatic rings. The van der Waals surface area contributed by atoms with E-state index in [9.17, 15) is 31.5 Å². The number of aromatic nitrogens is 2. The Bertz CT molecular complexity index is 1380. The molecule has 0 saturated carbocycles. The molecule has 0 aliphatic heterocycles. The maximum Gasteiger partial charge on any atom is 0.416 e. The second kappa shape index (κ2) is 12.7. The first kappa shape index (κ1) is 30.3. The molecule has 3 rings (SSSR count). The van der Waals surface area contributed by atoms with Gasteiger partial charge in [-0.1, -0.05) is 37.3 Å². The van der Waals surface area contributed by atoms with Crippen LogP contribution < -0.4 is 10.0 Å². The van der Waals surface area contributed by atoms with E-state index in [0.717, 1.165) is 23.5 Å². The lowest BCUT2D eigenvalue weighted by atomic mass is 9.96. The second-order valence-electron chi connectivity index (χ2n) is 8.90. The van der Waals surface area contributed by atoms with Gasteiger partial charge in [0.25, 0.3) is 15.9 Å². The number of hydrogen-bond acceptors (Lipinski definition) is 8. The number of nitrogens with one attached hydrogen (secondary N) is 2. The number of halogens is 3. The number of benzene rings is 2. The highest BCUT2D eigenvalue weighted by Gasteiger charge is 2.31. The Labute approximate surface area is 228 Å². The van der Waals surface area contributed by atoms with Gasteiger partial charge in [-0.3, -0.25) is 9.52 Å². The molecular formula is C25H29F3N4O5S2. The van der Waals surface area contributed by atoms with Crippen LogP contribution in [0.2, 0.25) is 0 Å². The molecule has 1 amide bonds. The van der Waals surface area contributed by atoms with E-state index in [1.54, 1.807) is 12.1 Å². The smallest absolute Gasteiger partial charge is 0.416 e. The number of ether oxygens (including phenoxy) is 1. The molecule has 1 heterocycles. The minimum atomic E-state index is -4.65. The summed E-state index contributed by atoms with van der Waals surface area (Å²) in [5, 5.41) is 21.3. The lowest BCUT2D eigenvalue weighted by molar-refractivity contribution is -0.137. The Hall–Kier alpha value is -3.23. The molecule has 14 heteroatoms. The third kappa shape index (κ3) is 8.13. The van der Waals surface area contributed by atoms with Crippen molar-refractivity contribution in [2.45, 2.75) is 50.1 Å². The molecule has 39 heavy (non-hydrogen) atoms. The number of carbonyl (C=O) groups is 1. The number of hydrogen-bond donors (Lipinski definition) is 3. The largest absolute Gasteiger partial charge is 0.507 e. The number of rotatable bonds is 12. The number of phenolic OH excluding ortho intramolecular Hbond substituents is 1. The molecule has 0 spiro atoms. The van der Waals surface area contributed by atoms with Gasteiger partial charge >= 0.3 is 6.18 Å². The fourth-order valence-corrected chi connectivity index (χ4v) is 5.55. The third-order valence-electron chi connectivity index (χ3n) is 5.71. The number of nitrogens with zero attached hydrogens (tertiary/aromatic N) is 2. The highest BCUT2D eigenvalue weighted by atomic mass is 32.2. The lowest BCUT2D eigenvalue weighted by Crippen LogP contribution is -2.29. The molecule has 0 aliphatic carbocycles. The number of anilines is 1. The van der Waals surface area contributed by atoms with Crippen LogP contribution in [0.5, 0.6) is 5.75 Å². The van der Waals surface area contributed by atoms with Crippen molar-refractivity contribution in [3.8, 4) is 5.75 Å². The van der Waals surface area contributed by atoms with Gasteiger partial charge in [0.15, 0.2) is 0 Å². The summed E-state index contributed by atoms with van der Waals surface area (Å²) in [5.74, 6) is -1.73. The first-order valence-corrected chi connectivity index (χ1v) is 14.3. The fourth-order valence-electron chi connectivity index (χ4n) is 3.57. The molecule has 0 bridgehead atoms. The topological polar surface area (TPSA) is 131 Å². The molecular weight excluding hydrogens is 557 g/mol. The molecule has 1 aromatic heterocycles. The minimum Gasteiger partial charge on any atom is -0.507 e. The molecule has 1 unspecified atom stereocenters. The van der Waals surface area contributed by atoms with Crippen molar-refractivity contribution in [3.05, 3.63) is 64.2 Å². The zero-order valence-electron chi connectivity index (χ0n) is 21.4. The normalized spacial score (nSPS) is 12.9. The van der Waals surface area contributed by atoms with E-state index >= 15 is 0 Å². The van der Waals surface area contributed by atoms with Crippen LogP contribution in [0, 0.1) is 0 Å². The van der Waals surface area contributed by atoms with Crippen molar-refractivity contribution >= 4 is 32.4 Å². The van der Waals surface area contributed by atoms with Gasteiger partial charge in [-0.25, -0.2) is 8.42 Å². The van der Waals surface area contributed by atoms with Crippen molar-refractivity contribution in [1.29, 1.82) is 0 Å². The van der Waals surface area contributed by atoms with E-state index in [-0.39, 0.29) is 34.0 Å². The number of phenols is 1. The molecule has 0 fully saturated rings. The number of amides is 1. The quantitative estimate of drug-likeness (QED) is 0.251. The zero-order chi connectivity index (χ0) is 28.8. The molecule has 3 aromatic rings. The van der Waals surface area contributed by atoms with Crippen molar-refractivity contribution < 1.29 is 36.2 Å². The summed E-state index contributed by atoms with van der Waals surface area (Å²) >= 11 is 1.15. The predicted octanol–water partition coefficient (Wildman–Crippen LogP) is 5.13. The molecule has 212 valence electrons. The predicted molar refractivity (Wildman–Crippen MR) is 141 cm³/mol. The zero-order valence-corrected chi connectivity index (χ0v) is 23.1. The van der Waals surface area contributed by atoms with E-state index in [4.69, 9.17) is 4.74 Å².